The van der Waals surface area contributed by atoms with Crippen LogP contribution in [0.15, 0.2) is 36.5 Å². The van der Waals surface area contributed by atoms with Crippen molar-refractivity contribution in [1.29, 1.82) is 0 Å². The highest BCUT2D eigenvalue weighted by Crippen LogP contribution is 2.15. The normalized spacial score (nSPS) is 10.3. The van der Waals surface area contributed by atoms with Crippen LogP contribution in [0.25, 0.3) is 0 Å². The largest absolute Gasteiger partial charge is 0.159 e. The third-order valence-electron chi connectivity index (χ3n) is 2.72. The Morgan fingerprint density at radius 1 is 1.07 bits per heavy atom. The highest BCUT2D eigenvalue weighted by molar-refractivity contribution is 5.35. The average Bonchev–Trinajstić information content (AvgIpc) is 2.26. The summed E-state index contributed by atoms with van der Waals surface area (Å²) in [6, 6.07) is 10.3. The fourth-order valence-corrected chi connectivity index (χ4v) is 1.63. The zero-order valence-corrected chi connectivity index (χ0v) is 9.07. The molecule has 1 aromatic carbocycles. The molecule has 0 saturated carbocycles. The van der Waals surface area contributed by atoms with Crippen LogP contribution in [0.2, 0.25) is 0 Å². The van der Waals surface area contributed by atoms with Gasteiger partial charge in [0.2, 0.25) is 0 Å². The maximum absolute atomic E-state index is 4.09. The van der Waals surface area contributed by atoms with Crippen LogP contribution in [0.5, 0.6) is 0 Å². The summed E-state index contributed by atoms with van der Waals surface area (Å²) >= 11 is 0. The van der Waals surface area contributed by atoms with Crippen molar-refractivity contribution in [3.63, 3.8) is 0 Å². The van der Waals surface area contributed by atoms with Crippen molar-refractivity contribution in [3.8, 4) is 0 Å². The molecule has 0 aliphatic carbocycles. The molecule has 1 aromatic heterocycles. The van der Waals surface area contributed by atoms with Crippen LogP contribution in [0, 0.1) is 13.8 Å². The Labute approximate surface area is 90.0 Å². The molecule has 76 valence electrons. The summed E-state index contributed by atoms with van der Waals surface area (Å²) in [4.78, 5) is 0. The molecule has 0 atom stereocenters. The quantitative estimate of drug-likeness (QED) is 0.741. The van der Waals surface area contributed by atoms with Crippen molar-refractivity contribution in [1.82, 2.24) is 10.2 Å². The van der Waals surface area contributed by atoms with E-state index in [1.807, 2.05) is 12.1 Å². The number of rotatable bonds is 2. The first-order chi connectivity index (χ1) is 7.27. The predicted molar refractivity (Wildman–Crippen MR) is 60.8 cm³/mol. The van der Waals surface area contributed by atoms with Crippen molar-refractivity contribution >= 4 is 0 Å². The van der Waals surface area contributed by atoms with E-state index in [2.05, 4.69) is 42.2 Å². The molecule has 2 rings (SSSR count). The zero-order valence-electron chi connectivity index (χ0n) is 9.07. The van der Waals surface area contributed by atoms with E-state index >= 15 is 0 Å². The molecular weight excluding hydrogens is 184 g/mol. The van der Waals surface area contributed by atoms with Gasteiger partial charge in [0.05, 0.1) is 5.69 Å². The zero-order chi connectivity index (χ0) is 10.7. The van der Waals surface area contributed by atoms with E-state index in [4.69, 9.17) is 0 Å². The monoisotopic (exact) mass is 198 g/mol. The summed E-state index contributed by atoms with van der Waals surface area (Å²) in [5, 5.41) is 7.98. The topological polar surface area (TPSA) is 25.8 Å². The molecule has 0 saturated heterocycles. The van der Waals surface area contributed by atoms with Gasteiger partial charge in [0, 0.05) is 12.6 Å². The summed E-state index contributed by atoms with van der Waals surface area (Å²) in [7, 11) is 0. The maximum Gasteiger partial charge on any atom is 0.0674 e. The number of hydrogen-bond acceptors (Lipinski definition) is 2. The summed E-state index contributed by atoms with van der Waals surface area (Å²) in [6.07, 6.45) is 2.56. The fourth-order valence-electron chi connectivity index (χ4n) is 1.63. The Morgan fingerprint density at radius 2 is 1.93 bits per heavy atom. The van der Waals surface area contributed by atoms with Gasteiger partial charge in [-0.05, 0) is 42.7 Å². The maximum atomic E-state index is 4.09. The van der Waals surface area contributed by atoms with Crippen LogP contribution >= 0.6 is 0 Å². The molecular formula is C13H14N2. The van der Waals surface area contributed by atoms with E-state index in [1.54, 1.807) is 6.20 Å². The van der Waals surface area contributed by atoms with Crippen LogP contribution < -0.4 is 0 Å². The first-order valence-electron chi connectivity index (χ1n) is 5.09. The summed E-state index contributed by atoms with van der Waals surface area (Å²) in [5.74, 6) is 0. The Kier molecular flexibility index (Phi) is 2.77. The van der Waals surface area contributed by atoms with Crippen molar-refractivity contribution in [3.05, 3.63) is 58.9 Å². The highest BCUT2D eigenvalue weighted by atomic mass is 15.1. The minimum atomic E-state index is 0.862. The fraction of sp³-hybridized carbons (Fsp3) is 0.231. The van der Waals surface area contributed by atoms with Crippen LogP contribution in [0.3, 0.4) is 0 Å². The molecule has 1 heterocycles. The molecule has 0 unspecified atom stereocenters. The third-order valence-corrected chi connectivity index (χ3v) is 2.72. The van der Waals surface area contributed by atoms with Gasteiger partial charge in [-0.15, -0.1) is 0 Å². The van der Waals surface area contributed by atoms with Crippen LogP contribution in [0.1, 0.15) is 22.4 Å². The third kappa shape index (κ3) is 2.21. The lowest BCUT2D eigenvalue weighted by Gasteiger charge is -2.07. The molecule has 0 aliphatic heterocycles. The Morgan fingerprint density at radius 3 is 2.67 bits per heavy atom. The Hall–Kier alpha value is -1.70. The van der Waals surface area contributed by atoms with Crippen molar-refractivity contribution < 1.29 is 0 Å². The van der Waals surface area contributed by atoms with Gasteiger partial charge in [-0.25, -0.2) is 0 Å². The number of aromatic nitrogens is 2. The van der Waals surface area contributed by atoms with Crippen molar-refractivity contribution in [2.24, 2.45) is 0 Å². The lowest BCUT2D eigenvalue weighted by atomic mass is 10.00. The van der Waals surface area contributed by atoms with Crippen LogP contribution in [-0.2, 0) is 6.42 Å². The lowest BCUT2D eigenvalue weighted by Crippen LogP contribution is -1.97. The second-order valence-electron chi connectivity index (χ2n) is 3.75. The standard InChI is InChI=1S/C13H14N2/c1-10-5-3-6-12(11(10)2)9-13-7-4-8-14-15-13/h3-8H,9H2,1-2H3. The molecule has 0 spiro atoms. The molecule has 0 amide bonds. The first-order valence-corrected chi connectivity index (χ1v) is 5.09. The SMILES string of the molecule is Cc1cccc(Cc2cccnn2)c1C. The Bertz CT molecular complexity index is 449. The van der Waals surface area contributed by atoms with Gasteiger partial charge >= 0.3 is 0 Å². The molecule has 2 aromatic rings. The van der Waals surface area contributed by atoms with E-state index in [9.17, 15) is 0 Å². The molecule has 2 heteroatoms. The molecule has 0 radical (unpaired) electrons. The van der Waals surface area contributed by atoms with Gasteiger partial charge in [-0.1, -0.05) is 18.2 Å². The van der Waals surface area contributed by atoms with E-state index < -0.39 is 0 Å². The van der Waals surface area contributed by atoms with E-state index in [0.717, 1.165) is 12.1 Å². The van der Waals surface area contributed by atoms with Crippen molar-refractivity contribution in [2.45, 2.75) is 20.3 Å². The molecule has 0 aliphatic rings. The number of aryl methyl sites for hydroxylation is 1. The van der Waals surface area contributed by atoms with E-state index in [-0.39, 0.29) is 0 Å². The summed E-state index contributed by atoms with van der Waals surface area (Å²) in [5.41, 5.74) is 5.03. The van der Waals surface area contributed by atoms with Crippen LogP contribution in [-0.4, -0.2) is 10.2 Å². The van der Waals surface area contributed by atoms with Gasteiger partial charge in [0.1, 0.15) is 0 Å². The minimum Gasteiger partial charge on any atom is -0.159 e. The second-order valence-corrected chi connectivity index (χ2v) is 3.75. The summed E-state index contributed by atoms with van der Waals surface area (Å²) < 4.78 is 0. The van der Waals surface area contributed by atoms with E-state index in [1.165, 1.54) is 16.7 Å². The number of hydrogen-bond donors (Lipinski definition) is 0. The predicted octanol–water partition coefficient (Wildman–Crippen LogP) is 2.68. The van der Waals surface area contributed by atoms with E-state index in [0.29, 0.717) is 0 Å². The molecule has 0 fully saturated rings. The minimum absolute atomic E-state index is 0.862. The molecule has 0 N–H and O–H groups in total. The average molecular weight is 198 g/mol. The summed E-state index contributed by atoms with van der Waals surface area (Å²) in [6.45, 7) is 4.29. The van der Waals surface area contributed by atoms with Crippen LogP contribution in [0.4, 0.5) is 0 Å². The molecule has 0 bridgehead atoms. The second kappa shape index (κ2) is 4.22. The van der Waals surface area contributed by atoms with Gasteiger partial charge in [-0.2, -0.15) is 10.2 Å². The Balaban J connectivity index is 2.29. The smallest absolute Gasteiger partial charge is 0.0674 e. The van der Waals surface area contributed by atoms with Gasteiger partial charge in [0.25, 0.3) is 0 Å². The van der Waals surface area contributed by atoms with Gasteiger partial charge in [-0.3, -0.25) is 0 Å². The number of nitrogens with zero attached hydrogens (tertiary/aromatic N) is 2. The lowest BCUT2D eigenvalue weighted by molar-refractivity contribution is 0.931. The van der Waals surface area contributed by atoms with Gasteiger partial charge < -0.3 is 0 Å². The molecule has 15 heavy (non-hydrogen) atoms. The van der Waals surface area contributed by atoms with Crippen molar-refractivity contribution in [2.75, 3.05) is 0 Å². The van der Waals surface area contributed by atoms with Gasteiger partial charge in [0.15, 0.2) is 0 Å². The highest BCUT2D eigenvalue weighted by Gasteiger charge is 2.02. The first kappa shape index (κ1) is 9.84. The number of benzene rings is 1. The molecule has 2 nitrogen and oxygen atoms in total.